The van der Waals surface area contributed by atoms with Gasteiger partial charge in [-0.1, -0.05) is 12.1 Å². The van der Waals surface area contributed by atoms with Crippen molar-refractivity contribution in [2.24, 2.45) is 0 Å². The van der Waals surface area contributed by atoms with Gasteiger partial charge in [0.05, 0.1) is 4.92 Å². The largest absolute Gasteiger partial charge is 0.393 e. The summed E-state index contributed by atoms with van der Waals surface area (Å²) in [6.45, 7) is 3.96. The second-order valence-corrected chi connectivity index (χ2v) is 4.50. The fourth-order valence-electron chi connectivity index (χ4n) is 2.07. The summed E-state index contributed by atoms with van der Waals surface area (Å²) < 4.78 is 0. The molecule has 0 aromatic heterocycles. The normalized spacial score (nSPS) is 10.2. The van der Waals surface area contributed by atoms with E-state index in [4.69, 9.17) is 5.73 Å². The lowest BCUT2D eigenvalue weighted by atomic mass is 10.1. The van der Waals surface area contributed by atoms with Gasteiger partial charge >= 0.3 is 5.69 Å². The summed E-state index contributed by atoms with van der Waals surface area (Å²) in [5, 5.41) is 14.1. The first-order valence-electron chi connectivity index (χ1n) is 5.85. The summed E-state index contributed by atoms with van der Waals surface area (Å²) in [5.74, 6) is 0. The van der Waals surface area contributed by atoms with E-state index in [1.54, 1.807) is 12.1 Å². The SMILES string of the molecule is Cc1cc(C)cc(Nc2cccc(N)c2[N+](=O)[O-])c1. The Bertz CT molecular complexity index is 618. The number of hydrogen-bond donors (Lipinski definition) is 2. The number of rotatable bonds is 3. The van der Waals surface area contributed by atoms with Crippen LogP contribution in [-0.2, 0) is 0 Å². The zero-order valence-corrected chi connectivity index (χ0v) is 10.8. The average molecular weight is 257 g/mol. The number of anilines is 3. The summed E-state index contributed by atoms with van der Waals surface area (Å²) in [5.41, 5.74) is 9.10. The lowest BCUT2D eigenvalue weighted by molar-refractivity contribution is -0.383. The van der Waals surface area contributed by atoms with Crippen molar-refractivity contribution in [2.45, 2.75) is 13.8 Å². The molecule has 5 nitrogen and oxygen atoms in total. The van der Waals surface area contributed by atoms with Crippen LogP contribution in [0.3, 0.4) is 0 Å². The van der Waals surface area contributed by atoms with E-state index in [-0.39, 0.29) is 11.4 Å². The van der Waals surface area contributed by atoms with Gasteiger partial charge in [-0.2, -0.15) is 0 Å². The smallest absolute Gasteiger partial charge is 0.315 e. The van der Waals surface area contributed by atoms with Crippen LogP contribution >= 0.6 is 0 Å². The quantitative estimate of drug-likeness (QED) is 0.500. The van der Waals surface area contributed by atoms with Crippen LogP contribution in [0.4, 0.5) is 22.7 Å². The van der Waals surface area contributed by atoms with Crippen molar-refractivity contribution in [3.8, 4) is 0 Å². The maximum atomic E-state index is 11.1. The number of para-hydroxylation sites is 1. The van der Waals surface area contributed by atoms with Crippen LogP contribution in [-0.4, -0.2) is 4.92 Å². The van der Waals surface area contributed by atoms with Gasteiger partial charge in [0.1, 0.15) is 11.4 Å². The van der Waals surface area contributed by atoms with Crippen molar-refractivity contribution in [3.63, 3.8) is 0 Å². The molecule has 0 fully saturated rings. The van der Waals surface area contributed by atoms with E-state index in [9.17, 15) is 10.1 Å². The number of benzene rings is 2. The molecule has 0 unspecified atom stereocenters. The molecule has 98 valence electrons. The van der Waals surface area contributed by atoms with E-state index in [2.05, 4.69) is 5.32 Å². The minimum atomic E-state index is -0.472. The minimum absolute atomic E-state index is 0.0957. The highest BCUT2D eigenvalue weighted by Crippen LogP contribution is 2.33. The maximum absolute atomic E-state index is 11.1. The van der Waals surface area contributed by atoms with Crippen molar-refractivity contribution < 1.29 is 4.92 Å². The van der Waals surface area contributed by atoms with Crippen LogP contribution < -0.4 is 11.1 Å². The van der Waals surface area contributed by atoms with Gasteiger partial charge in [-0.15, -0.1) is 0 Å². The molecule has 5 heteroatoms. The Kier molecular flexibility index (Phi) is 3.37. The molecule has 0 aliphatic heterocycles. The molecule has 3 N–H and O–H groups in total. The lowest BCUT2D eigenvalue weighted by Gasteiger charge is -2.10. The third kappa shape index (κ3) is 2.82. The maximum Gasteiger partial charge on any atom is 0.315 e. The van der Waals surface area contributed by atoms with Crippen LogP contribution in [0.15, 0.2) is 36.4 Å². The standard InChI is InChI=1S/C14H15N3O2/c1-9-6-10(2)8-11(7-9)16-13-5-3-4-12(15)14(13)17(18)19/h3-8,16H,15H2,1-2H3. The number of nitrogens with one attached hydrogen (secondary N) is 1. The number of aryl methyl sites for hydroxylation is 2. The molecule has 2 aromatic rings. The number of nitrogens with two attached hydrogens (primary N) is 1. The lowest BCUT2D eigenvalue weighted by Crippen LogP contribution is -2.01. The van der Waals surface area contributed by atoms with Gasteiger partial charge in [0.15, 0.2) is 0 Å². The van der Waals surface area contributed by atoms with Crippen LogP contribution in [0, 0.1) is 24.0 Å². The van der Waals surface area contributed by atoms with Crippen LogP contribution in [0.2, 0.25) is 0 Å². The molecule has 2 aromatic carbocycles. The fraction of sp³-hybridized carbons (Fsp3) is 0.143. The molecule has 0 atom stereocenters. The highest BCUT2D eigenvalue weighted by molar-refractivity contribution is 5.78. The Morgan fingerprint density at radius 3 is 2.37 bits per heavy atom. The number of nitro benzene ring substituents is 1. The molecule has 0 radical (unpaired) electrons. The Balaban J connectivity index is 2.43. The molecule has 0 spiro atoms. The molecule has 0 aliphatic carbocycles. The van der Waals surface area contributed by atoms with Gasteiger partial charge in [-0.25, -0.2) is 0 Å². The summed E-state index contributed by atoms with van der Waals surface area (Å²) in [6.07, 6.45) is 0. The third-order valence-corrected chi connectivity index (χ3v) is 2.75. The first-order chi connectivity index (χ1) is 8.97. The minimum Gasteiger partial charge on any atom is -0.393 e. The van der Waals surface area contributed by atoms with Crippen molar-refractivity contribution >= 4 is 22.7 Å². The summed E-state index contributed by atoms with van der Waals surface area (Å²) in [6, 6.07) is 10.8. The van der Waals surface area contributed by atoms with Crippen LogP contribution in [0.25, 0.3) is 0 Å². The second-order valence-electron chi connectivity index (χ2n) is 4.50. The van der Waals surface area contributed by atoms with Gasteiger partial charge in [0, 0.05) is 5.69 Å². The molecule has 2 rings (SSSR count). The van der Waals surface area contributed by atoms with E-state index in [1.165, 1.54) is 6.07 Å². The Morgan fingerprint density at radius 1 is 1.16 bits per heavy atom. The van der Waals surface area contributed by atoms with Crippen molar-refractivity contribution in [1.29, 1.82) is 0 Å². The van der Waals surface area contributed by atoms with Gasteiger partial charge < -0.3 is 11.1 Å². The van der Waals surface area contributed by atoms with Gasteiger partial charge in [-0.05, 0) is 49.2 Å². The monoisotopic (exact) mass is 257 g/mol. The molecule has 0 saturated heterocycles. The van der Waals surface area contributed by atoms with E-state index < -0.39 is 4.92 Å². The number of nitrogen functional groups attached to an aromatic ring is 1. The summed E-state index contributed by atoms with van der Waals surface area (Å²) >= 11 is 0. The molecule has 0 heterocycles. The predicted molar refractivity (Wildman–Crippen MR) is 76.7 cm³/mol. The van der Waals surface area contributed by atoms with Gasteiger partial charge in [0.25, 0.3) is 0 Å². The molecular formula is C14H15N3O2. The molecule has 0 saturated carbocycles. The first kappa shape index (κ1) is 12.9. The van der Waals surface area contributed by atoms with Gasteiger partial charge in [0.2, 0.25) is 0 Å². The second kappa shape index (κ2) is 4.97. The topological polar surface area (TPSA) is 81.2 Å². The molecular weight excluding hydrogens is 242 g/mol. The highest BCUT2D eigenvalue weighted by Gasteiger charge is 2.17. The number of nitrogens with zero attached hydrogens (tertiary/aromatic N) is 1. The Labute approximate surface area is 111 Å². The van der Waals surface area contributed by atoms with E-state index in [0.717, 1.165) is 16.8 Å². The van der Waals surface area contributed by atoms with Gasteiger partial charge in [-0.3, -0.25) is 10.1 Å². The van der Waals surface area contributed by atoms with Crippen molar-refractivity contribution in [1.82, 2.24) is 0 Å². The fourth-order valence-corrected chi connectivity index (χ4v) is 2.07. The summed E-state index contributed by atoms with van der Waals surface area (Å²) in [7, 11) is 0. The number of nitro groups is 1. The Morgan fingerprint density at radius 2 is 1.79 bits per heavy atom. The molecule has 0 amide bonds. The van der Waals surface area contributed by atoms with Crippen LogP contribution in [0.1, 0.15) is 11.1 Å². The van der Waals surface area contributed by atoms with Crippen LogP contribution in [0.5, 0.6) is 0 Å². The zero-order valence-electron chi connectivity index (χ0n) is 10.8. The predicted octanol–water partition coefficient (Wildman–Crippen LogP) is 3.54. The average Bonchev–Trinajstić information content (AvgIpc) is 2.26. The zero-order chi connectivity index (χ0) is 14.0. The van der Waals surface area contributed by atoms with Crippen molar-refractivity contribution in [3.05, 3.63) is 57.6 Å². The van der Waals surface area contributed by atoms with Crippen molar-refractivity contribution in [2.75, 3.05) is 11.1 Å². The van der Waals surface area contributed by atoms with E-state index >= 15 is 0 Å². The third-order valence-electron chi connectivity index (χ3n) is 2.75. The number of hydrogen-bond acceptors (Lipinski definition) is 4. The van der Waals surface area contributed by atoms with E-state index in [1.807, 2.05) is 32.0 Å². The Hall–Kier alpha value is -2.56. The molecule has 19 heavy (non-hydrogen) atoms. The highest BCUT2D eigenvalue weighted by atomic mass is 16.6. The first-order valence-corrected chi connectivity index (χ1v) is 5.85. The summed E-state index contributed by atoms with van der Waals surface area (Å²) in [4.78, 5) is 10.6. The molecule has 0 bridgehead atoms. The van der Waals surface area contributed by atoms with E-state index in [0.29, 0.717) is 5.69 Å². The molecule has 0 aliphatic rings.